The second-order valence-corrected chi connectivity index (χ2v) is 7.67. The maximum absolute atomic E-state index is 11.1. The van der Waals surface area contributed by atoms with Crippen LogP contribution in [0.2, 0.25) is 0 Å². The number of carbonyl (C=O) groups is 2. The third kappa shape index (κ3) is 7.65. The van der Waals surface area contributed by atoms with Crippen molar-refractivity contribution in [3.8, 4) is 11.5 Å². The van der Waals surface area contributed by atoms with Gasteiger partial charge in [0.1, 0.15) is 17.8 Å². The minimum absolute atomic E-state index is 0.422. The molecular formula is C26H27NO4S. The minimum Gasteiger partial charge on any atom is -0.497 e. The van der Waals surface area contributed by atoms with Gasteiger partial charge in [-0.15, -0.1) is 0 Å². The van der Waals surface area contributed by atoms with Gasteiger partial charge in [0.15, 0.2) is 5.76 Å². The van der Waals surface area contributed by atoms with Crippen molar-refractivity contribution in [1.29, 1.82) is 0 Å². The smallest absolute Gasteiger partial charge is 0.277 e. The summed E-state index contributed by atoms with van der Waals surface area (Å²) in [4.78, 5) is 22.1. The lowest BCUT2D eigenvalue weighted by molar-refractivity contribution is -0.107. The topological polar surface area (TPSA) is 78.6 Å². The molecule has 0 radical (unpaired) electrons. The lowest BCUT2D eigenvalue weighted by Gasteiger charge is -2.10. The van der Waals surface area contributed by atoms with Gasteiger partial charge in [0.2, 0.25) is 0 Å². The molecule has 0 aliphatic heterocycles. The molecule has 1 atom stereocenters. The van der Waals surface area contributed by atoms with Gasteiger partial charge < -0.3 is 20.0 Å². The molecule has 0 fully saturated rings. The molecular weight excluding hydrogens is 422 g/mol. The fraction of sp³-hybridized carbons (Fsp3) is 0.192. The van der Waals surface area contributed by atoms with Crippen LogP contribution >= 0.6 is 11.8 Å². The van der Waals surface area contributed by atoms with Crippen LogP contribution in [-0.4, -0.2) is 23.9 Å². The Morgan fingerprint density at radius 3 is 2.34 bits per heavy atom. The third-order valence-electron chi connectivity index (χ3n) is 4.31. The van der Waals surface area contributed by atoms with Crippen LogP contribution in [0.1, 0.15) is 25.0 Å². The molecule has 2 N–H and O–H groups in total. The number of allylic oxidation sites excluding steroid dienone is 4. The summed E-state index contributed by atoms with van der Waals surface area (Å²) in [6, 6.07) is 15.2. The van der Waals surface area contributed by atoms with Crippen molar-refractivity contribution in [3.63, 3.8) is 0 Å². The maximum Gasteiger partial charge on any atom is 0.277 e. The molecule has 166 valence electrons. The number of benzene rings is 2. The van der Waals surface area contributed by atoms with Crippen LogP contribution in [0, 0.1) is 0 Å². The van der Waals surface area contributed by atoms with Crippen LogP contribution in [0.25, 0.3) is 5.57 Å². The van der Waals surface area contributed by atoms with Gasteiger partial charge in [-0.25, -0.2) is 0 Å². The van der Waals surface area contributed by atoms with Crippen LogP contribution < -0.4 is 15.2 Å². The molecule has 2 aromatic carbocycles. The van der Waals surface area contributed by atoms with Gasteiger partial charge >= 0.3 is 0 Å². The first-order valence-corrected chi connectivity index (χ1v) is 11.1. The molecule has 3 rings (SSSR count). The van der Waals surface area contributed by atoms with Crippen molar-refractivity contribution in [1.82, 2.24) is 0 Å². The number of nitrogens with two attached hydrogens (primary N) is 1. The summed E-state index contributed by atoms with van der Waals surface area (Å²) in [6.45, 7) is 4.00. The molecule has 0 saturated carbocycles. The monoisotopic (exact) mass is 449 g/mol. The summed E-state index contributed by atoms with van der Waals surface area (Å²) >= 11 is 0.829. The largest absolute Gasteiger partial charge is 0.497 e. The highest BCUT2D eigenvalue weighted by molar-refractivity contribution is 8.14. The van der Waals surface area contributed by atoms with Gasteiger partial charge in [-0.1, -0.05) is 67.8 Å². The molecule has 1 aliphatic rings. The van der Waals surface area contributed by atoms with Gasteiger partial charge in [0, 0.05) is 0 Å². The Bertz CT molecular complexity index is 1030. The number of carbonyl (C=O) groups excluding carboxylic acids is 2. The highest BCUT2D eigenvalue weighted by Crippen LogP contribution is 2.24. The van der Waals surface area contributed by atoms with E-state index in [1.807, 2.05) is 80.6 Å². The van der Waals surface area contributed by atoms with E-state index in [9.17, 15) is 9.59 Å². The number of aldehydes is 1. The second kappa shape index (κ2) is 13.1. The summed E-state index contributed by atoms with van der Waals surface area (Å²) in [5.41, 5.74) is 11.2. The molecule has 32 heavy (non-hydrogen) atoms. The van der Waals surface area contributed by atoms with Crippen molar-refractivity contribution in [3.05, 3.63) is 95.5 Å². The molecule has 2 aromatic rings. The second-order valence-electron chi connectivity index (χ2n) is 6.42. The molecule has 1 unspecified atom stereocenters. The first-order chi connectivity index (χ1) is 15.6. The number of ether oxygens (including phenoxy) is 2. The Kier molecular flexibility index (Phi) is 10.1. The fourth-order valence-corrected chi connectivity index (χ4v) is 3.48. The highest BCUT2D eigenvalue weighted by atomic mass is 32.2. The van der Waals surface area contributed by atoms with E-state index >= 15 is 0 Å². The first kappa shape index (κ1) is 24.8. The number of rotatable bonds is 8. The molecule has 0 heterocycles. The number of hydrogen-bond donors (Lipinski definition) is 1. The summed E-state index contributed by atoms with van der Waals surface area (Å²) in [6.07, 6.45) is 8.77. The third-order valence-corrected chi connectivity index (χ3v) is 5.13. The average molecular weight is 450 g/mol. The molecule has 0 spiro atoms. The van der Waals surface area contributed by atoms with E-state index in [0.29, 0.717) is 17.9 Å². The predicted octanol–water partition coefficient (Wildman–Crippen LogP) is 5.71. The van der Waals surface area contributed by atoms with Crippen LogP contribution in [0.15, 0.2) is 84.3 Å². The average Bonchev–Trinajstić information content (AvgIpc) is 3.06. The molecule has 6 heteroatoms. The normalized spacial score (nSPS) is 13.0. The number of methoxy groups -OCH3 is 1. The lowest BCUT2D eigenvalue weighted by Crippen LogP contribution is -2.15. The SMILES string of the molecule is CC.COc1ccc(C2=CC(Oc3ccc(CC(C=O)SC(N)=O)cc3)=C=CC=C2)cc1. The number of amides is 1. The van der Waals surface area contributed by atoms with Crippen molar-refractivity contribution in [2.75, 3.05) is 7.11 Å². The molecule has 0 bridgehead atoms. The lowest BCUT2D eigenvalue weighted by atomic mass is 10.0. The zero-order valence-corrected chi connectivity index (χ0v) is 19.2. The summed E-state index contributed by atoms with van der Waals surface area (Å²) in [5, 5.41) is -1.06. The molecule has 1 aliphatic carbocycles. The van der Waals surface area contributed by atoms with E-state index in [4.69, 9.17) is 15.2 Å². The van der Waals surface area contributed by atoms with Crippen LogP contribution in [-0.2, 0) is 11.2 Å². The van der Waals surface area contributed by atoms with Crippen LogP contribution in [0.5, 0.6) is 11.5 Å². The van der Waals surface area contributed by atoms with Crippen LogP contribution in [0.4, 0.5) is 4.79 Å². The van der Waals surface area contributed by atoms with Crippen LogP contribution in [0.3, 0.4) is 0 Å². The quantitative estimate of drug-likeness (QED) is 0.412. The Balaban J connectivity index is 0.00000176. The zero-order valence-electron chi connectivity index (χ0n) is 18.4. The van der Waals surface area contributed by atoms with Crippen molar-refractivity contribution >= 4 is 28.9 Å². The highest BCUT2D eigenvalue weighted by Gasteiger charge is 2.13. The number of thioether (sulfide) groups is 1. The van der Waals surface area contributed by atoms with Gasteiger partial charge in [-0.2, -0.15) is 0 Å². The van der Waals surface area contributed by atoms with E-state index in [1.54, 1.807) is 13.2 Å². The first-order valence-electron chi connectivity index (χ1n) is 10.2. The summed E-state index contributed by atoms with van der Waals surface area (Å²) in [5.74, 6) is 2.02. The summed E-state index contributed by atoms with van der Waals surface area (Å²) in [7, 11) is 1.64. The molecule has 0 saturated heterocycles. The fourth-order valence-electron chi connectivity index (χ4n) is 2.85. The molecule has 1 amide bonds. The Morgan fingerprint density at radius 2 is 1.75 bits per heavy atom. The molecule has 5 nitrogen and oxygen atoms in total. The maximum atomic E-state index is 11.1. The minimum atomic E-state index is -0.563. The standard InChI is InChI=1S/C24H21NO4S.C2H6/c1-28-20-12-8-18(9-13-20)19-4-2-3-5-22(15-19)29-21-10-6-17(7-11-21)14-23(16-26)30-24(25)27;1-2/h2-4,6-13,15-16,23H,14H2,1H3,(H2,25,27);1-2H3. The van der Waals surface area contributed by atoms with Gasteiger partial charge in [-0.05, 0) is 59.5 Å². The Morgan fingerprint density at radius 1 is 1.09 bits per heavy atom. The van der Waals surface area contributed by atoms with Crippen molar-refractivity contribution in [2.45, 2.75) is 25.5 Å². The van der Waals surface area contributed by atoms with Gasteiger partial charge in [-0.3, -0.25) is 4.79 Å². The Hall–Kier alpha value is -3.47. The van der Waals surface area contributed by atoms with E-state index < -0.39 is 10.5 Å². The van der Waals surface area contributed by atoms with Crippen molar-refractivity contribution in [2.24, 2.45) is 5.73 Å². The number of hydrogen-bond acceptors (Lipinski definition) is 5. The Labute approximate surface area is 193 Å². The van der Waals surface area contributed by atoms with Gasteiger partial charge in [0.05, 0.1) is 12.4 Å². The predicted molar refractivity (Wildman–Crippen MR) is 131 cm³/mol. The van der Waals surface area contributed by atoms with E-state index in [-0.39, 0.29) is 0 Å². The van der Waals surface area contributed by atoms with Gasteiger partial charge in [0.25, 0.3) is 5.24 Å². The zero-order chi connectivity index (χ0) is 23.3. The van der Waals surface area contributed by atoms with E-state index in [0.717, 1.165) is 40.5 Å². The van der Waals surface area contributed by atoms with Crippen molar-refractivity contribution < 1.29 is 19.1 Å². The summed E-state index contributed by atoms with van der Waals surface area (Å²) < 4.78 is 11.2. The van der Waals surface area contributed by atoms with E-state index in [1.165, 1.54) is 0 Å². The number of primary amides is 1. The van der Waals surface area contributed by atoms with E-state index in [2.05, 4.69) is 5.73 Å². The molecule has 0 aromatic heterocycles.